The van der Waals surface area contributed by atoms with Gasteiger partial charge in [0.1, 0.15) is 0 Å². The van der Waals surface area contributed by atoms with Gasteiger partial charge in [0.05, 0.1) is 5.41 Å². The zero-order chi connectivity index (χ0) is 17.2. The number of nitrogens with zero attached hydrogens (tertiary/aromatic N) is 3. The summed E-state index contributed by atoms with van der Waals surface area (Å²) in [7, 11) is 0. The van der Waals surface area contributed by atoms with Crippen molar-refractivity contribution in [1.82, 2.24) is 15.0 Å². The molecule has 3 rings (SSSR count). The fourth-order valence-corrected chi connectivity index (χ4v) is 3.72. The van der Waals surface area contributed by atoms with Crippen molar-refractivity contribution < 1.29 is 19.2 Å². The zero-order valence-corrected chi connectivity index (χ0v) is 14.2. The molecule has 1 N–H and O–H groups in total. The number of carboxylic acids is 1. The highest BCUT2D eigenvalue weighted by atomic mass is 16.5. The summed E-state index contributed by atoms with van der Waals surface area (Å²) < 4.78 is 5.27. The first-order valence-electron chi connectivity index (χ1n) is 8.81. The Morgan fingerprint density at radius 2 is 2.08 bits per heavy atom. The van der Waals surface area contributed by atoms with Crippen molar-refractivity contribution in [2.75, 3.05) is 13.1 Å². The lowest BCUT2D eigenvalue weighted by molar-refractivity contribution is -0.153. The Hall–Kier alpha value is -1.92. The van der Waals surface area contributed by atoms with Crippen molar-refractivity contribution >= 4 is 11.9 Å². The summed E-state index contributed by atoms with van der Waals surface area (Å²) >= 11 is 0. The minimum absolute atomic E-state index is 0.0391. The fourth-order valence-electron chi connectivity index (χ4n) is 3.72. The number of aliphatic carboxylic acids is 1. The van der Waals surface area contributed by atoms with Crippen LogP contribution in [0.5, 0.6) is 0 Å². The Kier molecular flexibility index (Phi) is 4.87. The average molecular weight is 335 g/mol. The topological polar surface area (TPSA) is 96.5 Å². The molecule has 1 aromatic rings. The SMILES string of the molecule is CC1(C(=O)O)CCCN(C(=O)CCc2nc(C3CCCC3)no2)C1. The molecule has 0 radical (unpaired) electrons. The van der Waals surface area contributed by atoms with E-state index in [0.29, 0.717) is 31.2 Å². The highest BCUT2D eigenvalue weighted by Gasteiger charge is 2.39. The summed E-state index contributed by atoms with van der Waals surface area (Å²) in [6.07, 6.45) is 6.68. The summed E-state index contributed by atoms with van der Waals surface area (Å²) in [6, 6.07) is 0. The van der Waals surface area contributed by atoms with Crippen LogP contribution < -0.4 is 0 Å². The van der Waals surface area contributed by atoms with Gasteiger partial charge in [-0.25, -0.2) is 0 Å². The highest BCUT2D eigenvalue weighted by Crippen LogP contribution is 2.32. The molecule has 1 amide bonds. The maximum atomic E-state index is 12.4. The molecule has 1 unspecified atom stereocenters. The molecule has 1 saturated carbocycles. The van der Waals surface area contributed by atoms with Crippen molar-refractivity contribution in [2.24, 2.45) is 5.41 Å². The molecular weight excluding hydrogens is 310 g/mol. The minimum atomic E-state index is -0.839. The van der Waals surface area contributed by atoms with E-state index >= 15 is 0 Å². The van der Waals surface area contributed by atoms with Gasteiger partial charge in [0.15, 0.2) is 5.82 Å². The van der Waals surface area contributed by atoms with Gasteiger partial charge in [-0.3, -0.25) is 9.59 Å². The Balaban J connectivity index is 1.53. The second kappa shape index (κ2) is 6.91. The fraction of sp³-hybridized carbons (Fsp3) is 0.765. The number of piperidine rings is 1. The number of rotatable bonds is 5. The monoisotopic (exact) mass is 335 g/mol. The predicted molar refractivity (Wildman–Crippen MR) is 85.4 cm³/mol. The van der Waals surface area contributed by atoms with Crippen LogP contribution in [0.25, 0.3) is 0 Å². The van der Waals surface area contributed by atoms with E-state index in [-0.39, 0.29) is 18.9 Å². The predicted octanol–water partition coefficient (Wildman–Crippen LogP) is 2.37. The van der Waals surface area contributed by atoms with Gasteiger partial charge in [0.2, 0.25) is 11.8 Å². The molecule has 24 heavy (non-hydrogen) atoms. The van der Waals surface area contributed by atoms with E-state index in [1.165, 1.54) is 12.8 Å². The normalized spacial score (nSPS) is 25.1. The number of likely N-dealkylation sites (tertiary alicyclic amines) is 1. The van der Waals surface area contributed by atoms with E-state index in [0.717, 1.165) is 25.1 Å². The van der Waals surface area contributed by atoms with E-state index in [2.05, 4.69) is 10.1 Å². The number of carbonyl (C=O) groups excluding carboxylic acids is 1. The second-order valence-corrected chi connectivity index (χ2v) is 7.31. The lowest BCUT2D eigenvalue weighted by atomic mass is 9.82. The van der Waals surface area contributed by atoms with Crippen molar-refractivity contribution in [3.63, 3.8) is 0 Å². The van der Waals surface area contributed by atoms with Gasteiger partial charge in [-0.2, -0.15) is 4.98 Å². The molecule has 2 heterocycles. The summed E-state index contributed by atoms with van der Waals surface area (Å²) in [4.78, 5) is 29.9. The smallest absolute Gasteiger partial charge is 0.311 e. The number of aryl methyl sites for hydroxylation is 1. The van der Waals surface area contributed by atoms with Gasteiger partial charge in [-0.05, 0) is 32.6 Å². The first kappa shape index (κ1) is 16.9. The Morgan fingerprint density at radius 1 is 1.33 bits per heavy atom. The molecule has 2 fully saturated rings. The number of carboxylic acid groups (broad SMARTS) is 1. The van der Waals surface area contributed by atoms with Crippen LogP contribution in [0.15, 0.2) is 4.52 Å². The van der Waals surface area contributed by atoms with Crippen LogP contribution in [0.2, 0.25) is 0 Å². The standard InChI is InChI=1S/C17H25N3O4/c1-17(16(22)23)9-4-10-20(11-17)14(21)8-7-13-18-15(19-24-13)12-5-2-3-6-12/h12H,2-11H2,1H3,(H,22,23). The van der Waals surface area contributed by atoms with E-state index in [1.807, 2.05) is 0 Å². The largest absolute Gasteiger partial charge is 0.481 e. The van der Waals surface area contributed by atoms with Crippen LogP contribution in [0.1, 0.15) is 69.5 Å². The Morgan fingerprint density at radius 3 is 2.79 bits per heavy atom. The van der Waals surface area contributed by atoms with Crippen molar-refractivity contribution in [1.29, 1.82) is 0 Å². The van der Waals surface area contributed by atoms with Crippen molar-refractivity contribution in [2.45, 2.75) is 64.2 Å². The Bertz CT molecular complexity index is 609. The summed E-state index contributed by atoms with van der Waals surface area (Å²) in [5.74, 6) is 0.798. The van der Waals surface area contributed by atoms with Crippen LogP contribution in [-0.4, -0.2) is 45.1 Å². The van der Waals surface area contributed by atoms with Gasteiger partial charge in [-0.1, -0.05) is 18.0 Å². The van der Waals surface area contributed by atoms with E-state index in [9.17, 15) is 14.7 Å². The summed E-state index contributed by atoms with van der Waals surface area (Å²) in [6.45, 7) is 2.61. The summed E-state index contributed by atoms with van der Waals surface area (Å²) in [5.41, 5.74) is -0.839. The van der Waals surface area contributed by atoms with Gasteiger partial charge in [-0.15, -0.1) is 0 Å². The minimum Gasteiger partial charge on any atom is -0.481 e. The lowest BCUT2D eigenvalue weighted by Gasteiger charge is -2.37. The number of hydrogen-bond acceptors (Lipinski definition) is 5. The van der Waals surface area contributed by atoms with Crippen LogP contribution in [0, 0.1) is 5.41 Å². The Labute approximate surface area is 141 Å². The molecule has 7 nitrogen and oxygen atoms in total. The average Bonchev–Trinajstić information content (AvgIpc) is 3.23. The van der Waals surface area contributed by atoms with Crippen LogP contribution in [0.4, 0.5) is 0 Å². The molecule has 1 aliphatic carbocycles. The second-order valence-electron chi connectivity index (χ2n) is 7.31. The molecule has 1 saturated heterocycles. The maximum absolute atomic E-state index is 12.4. The number of hydrogen-bond donors (Lipinski definition) is 1. The highest BCUT2D eigenvalue weighted by molar-refractivity contribution is 5.79. The molecule has 1 aromatic heterocycles. The van der Waals surface area contributed by atoms with Gasteiger partial charge in [0, 0.05) is 31.8 Å². The third-order valence-electron chi connectivity index (χ3n) is 5.32. The summed E-state index contributed by atoms with van der Waals surface area (Å²) in [5, 5.41) is 13.4. The van der Waals surface area contributed by atoms with E-state index < -0.39 is 11.4 Å². The van der Waals surface area contributed by atoms with Crippen LogP contribution in [-0.2, 0) is 16.0 Å². The zero-order valence-electron chi connectivity index (χ0n) is 14.2. The molecule has 2 aliphatic rings. The molecule has 0 aromatic carbocycles. The van der Waals surface area contributed by atoms with Crippen molar-refractivity contribution in [3.8, 4) is 0 Å². The van der Waals surface area contributed by atoms with Crippen LogP contribution in [0.3, 0.4) is 0 Å². The lowest BCUT2D eigenvalue weighted by Crippen LogP contribution is -2.48. The molecule has 7 heteroatoms. The number of aromatic nitrogens is 2. The molecule has 0 spiro atoms. The maximum Gasteiger partial charge on any atom is 0.311 e. The van der Waals surface area contributed by atoms with Gasteiger partial charge < -0.3 is 14.5 Å². The quantitative estimate of drug-likeness (QED) is 0.887. The first-order valence-corrected chi connectivity index (χ1v) is 8.81. The third-order valence-corrected chi connectivity index (χ3v) is 5.32. The van der Waals surface area contributed by atoms with E-state index in [1.54, 1.807) is 11.8 Å². The number of carbonyl (C=O) groups is 2. The van der Waals surface area contributed by atoms with E-state index in [4.69, 9.17) is 4.52 Å². The molecule has 1 aliphatic heterocycles. The van der Waals surface area contributed by atoms with Crippen molar-refractivity contribution in [3.05, 3.63) is 11.7 Å². The molecule has 1 atom stereocenters. The molecule has 0 bridgehead atoms. The number of amides is 1. The van der Waals surface area contributed by atoms with Gasteiger partial charge >= 0.3 is 5.97 Å². The third kappa shape index (κ3) is 3.60. The first-order chi connectivity index (χ1) is 11.5. The van der Waals surface area contributed by atoms with Gasteiger partial charge in [0.25, 0.3) is 0 Å². The molecular formula is C17H25N3O4. The van der Waals surface area contributed by atoms with Crippen LogP contribution >= 0.6 is 0 Å². The molecule has 132 valence electrons.